The van der Waals surface area contributed by atoms with Crippen molar-refractivity contribution in [2.24, 2.45) is 0 Å². The van der Waals surface area contributed by atoms with E-state index in [4.69, 9.17) is 4.74 Å². The highest BCUT2D eigenvalue weighted by Gasteiger charge is 2.11. The van der Waals surface area contributed by atoms with Crippen molar-refractivity contribution in [1.82, 2.24) is 0 Å². The normalized spacial score (nSPS) is 13.2. The zero-order valence-corrected chi connectivity index (χ0v) is 9.08. The van der Waals surface area contributed by atoms with Crippen LogP contribution in [-0.2, 0) is 16.7 Å². The number of ether oxygens (including phenoxy) is 1. The van der Waals surface area contributed by atoms with Crippen LogP contribution in [0, 0.1) is 0 Å². The van der Waals surface area contributed by atoms with Gasteiger partial charge in [0.1, 0.15) is 12.9 Å². The van der Waals surface area contributed by atoms with Gasteiger partial charge in [-0.15, -0.1) is 0 Å². The zero-order valence-electron chi connectivity index (χ0n) is 7.50. The van der Waals surface area contributed by atoms with Gasteiger partial charge < -0.3 is 4.74 Å². The third kappa shape index (κ3) is 1.60. The number of aldehydes is 1. The van der Waals surface area contributed by atoms with E-state index in [1.807, 2.05) is 12.1 Å². The van der Waals surface area contributed by atoms with Crippen molar-refractivity contribution < 1.29 is 9.53 Å². The van der Waals surface area contributed by atoms with E-state index in [1.54, 1.807) is 6.26 Å². The van der Waals surface area contributed by atoms with Crippen LogP contribution in [0.1, 0.15) is 27.0 Å². The van der Waals surface area contributed by atoms with E-state index in [-0.39, 0.29) is 0 Å². The lowest BCUT2D eigenvalue weighted by Crippen LogP contribution is -2.02. The van der Waals surface area contributed by atoms with Gasteiger partial charge in [-0.05, 0) is 23.3 Å². The quantitative estimate of drug-likeness (QED) is 0.598. The molecule has 0 N–H and O–H groups in total. The van der Waals surface area contributed by atoms with Gasteiger partial charge in [0.25, 0.3) is 0 Å². The summed E-state index contributed by atoms with van der Waals surface area (Å²) in [6, 6.07) is 3.96. The summed E-state index contributed by atoms with van der Waals surface area (Å²) >= 11 is 3.38. The molecule has 1 aliphatic rings. The SMILES string of the molecule is O=Cc1cc(CBr)cc2c1COC=C2. The summed E-state index contributed by atoms with van der Waals surface area (Å²) < 4.78 is 5.16. The van der Waals surface area contributed by atoms with Gasteiger partial charge in [0, 0.05) is 16.5 Å². The molecule has 0 aliphatic carbocycles. The van der Waals surface area contributed by atoms with E-state index >= 15 is 0 Å². The second kappa shape index (κ2) is 3.96. The smallest absolute Gasteiger partial charge is 0.150 e. The Morgan fingerprint density at radius 2 is 2.36 bits per heavy atom. The first-order chi connectivity index (χ1) is 6.85. The minimum atomic E-state index is 0.489. The fourth-order valence-corrected chi connectivity index (χ4v) is 1.86. The van der Waals surface area contributed by atoms with Gasteiger partial charge in [0.05, 0.1) is 6.26 Å². The number of rotatable bonds is 2. The molecular formula is C11H9BrO2. The van der Waals surface area contributed by atoms with Crippen LogP contribution in [0.3, 0.4) is 0 Å². The van der Waals surface area contributed by atoms with Crippen LogP contribution < -0.4 is 0 Å². The Bertz CT molecular complexity index is 397. The first-order valence-electron chi connectivity index (χ1n) is 4.30. The Morgan fingerprint density at radius 1 is 1.50 bits per heavy atom. The molecule has 0 amide bonds. The number of benzene rings is 1. The maximum Gasteiger partial charge on any atom is 0.150 e. The van der Waals surface area contributed by atoms with Crippen molar-refractivity contribution in [1.29, 1.82) is 0 Å². The van der Waals surface area contributed by atoms with Crippen molar-refractivity contribution in [3.63, 3.8) is 0 Å². The minimum Gasteiger partial charge on any atom is -0.496 e. The Kier molecular flexibility index (Phi) is 2.68. The Balaban J connectivity index is 2.59. The molecule has 0 atom stereocenters. The predicted octanol–water partition coefficient (Wildman–Crippen LogP) is 2.89. The minimum absolute atomic E-state index is 0.489. The van der Waals surface area contributed by atoms with E-state index in [0.717, 1.165) is 33.9 Å². The van der Waals surface area contributed by atoms with E-state index in [2.05, 4.69) is 22.0 Å². The number of halogens is 1. The first-order valence-corrected chi connectivity index (χ1v) is 5.42. The lowest BCUT2D eigenvalue weighted by atomic mass is 9.98. The maximum atomic E-state index is 10.9. The van der Waals surface area contributed by atoms with Crippen molar-refractivity contribution in [2.45, 2.75) is 11.9 Å². The summed E-state index contributed by atoms with van der Waals surface area (Å²) in [7, 11) is 0. The Labute approximate surface area is 90.7 Å². The lowest BCUT2D eigenvalue weighted by Gasteiger charge is -2.14. The number of alkyl halides is 1. The third-order valence-electron chi connectivity index (χ3n) is 2.23. The molecule has 0 fully saturated rings. The standard InChI is InChI=1S/C11H9BrO2/c12-5-8-3-9-1-2-14-7-11(9)10(4-8)6-13/h1-4,6H,5,7H2. The van der Waals surface area contributed by atoms with Crippen LogP contribution >= 0.6 is 15.9 Å². The summed E-state index contributed by atoms with van der Waals surface area (Å²) in [4.78, 5) is 10.9. The second-order valence-corrected chi connectivity index (χ2v) is 3.68. The highest BCUT2D eigenvalue weighted by atomic mass is 79.9. The largest absolute Gasteiger partial charge is 0.496 e. The van der Waals surface area contributed by atoms with Crippen molar-refractivity contribution in [3.05, 3.63) is 40.6 Å². The number of fused-ring (bicyclic) bond motifs is 1. The highest BCUT2D eigenvalue weighted by Crippen LogP contribution is 2.23. The maximum absolute atomic E-state index is 10.9. The molecule has 3 heteroatoms. The Hall–Kier alpha value is -1.09. The molecule has 14 heavy (non-hydrogen) atoms. The zero-order chi connectivity index (χ0) is 9.97. The summed E-state index contributed by atoms with van der Waals surface area (Å²) in [5.74, 6) is 0. The number of hydrogen-bond donors (Lipinski definition) is 0. The number of hydrogen-bond acceptors (Lipinski definition) is 2. The van der Waals surface area contributed by atoms with Crippen LogP contribution in [0.4, 0.5) is 0 Å². The molecule has 1 aromatic rings. The van der Waals surface area contributed by atoms with Gasteiger partial charge in [0.15, 0.2) is 0 Å². The Morgan fingerprint density at radius 3 is 3.07 bits per heavy atom. The highest BCUT2D eigenvalue weighted by molar-refractivity contribution is 9.08. The van der Waals surface area contributed by atoms with Crippen molar-refractivity contribution in [2.75, 3.05) is 0 Å². The van der Waals surface area contributed by atoms with Crippen LogP contribution in [0.2, 0.25) is 0 Å². The van der Waals surface area contributed by atoms with Gasteiger partial charge in [-0.1, -0.05) is 22.0 Å². The second-order valence-electron chi connectivity index (χ2n) is 3.12. The predicted molar refractivity (Wildman–Crippen MR) is 58.3 cm³/mol. The van der Waals surface area contributed by atoms with Gasteiger partial charge in [-0.25, -0.2) is 0 Å². The fourth-order valence-electron chi connectivity index (χ4n) is 1.53. The lowest BCUT2D eigenvalue weighted by molar-refractivity contribution is 0.111. The van der Waals surface area contributed by atoms with Crippen LogP contribution in [-0.4, -0.2) is 6.29 Å². The van der Waals surface area contributed by atoms with Gasteiger partial charge in [-0.3, -0.25) is 4.79 Å². The molecule has 0 spiro atoms. The molecule has 0 saturated carbocycles. The van der Waals surface area contributed by atoms with Crippen LogP contribution in [0.25, 0.3) is 6.08 Å². The molecule has 2 rings (SSSR count). The molecule has 0 bridgehead atoms. The summed E-state index contributed by atoms with van der Waals surface area (Å²) in [5, 5.41) is 0.760. The number of carbonyl (C=O) groups excluding carboxylic acids is 1. The molecular weight excluding hydrogens is 244 g/mol. The molecule has 0 unspecified atom stereocenters. The van der Waals surface area contributed by atoms with E-state index in [9.17, 15) is 4.79 Å². The summed E-state index contributed by atoms with van der Waals surface area (Å²) in [6.45, 7) is 0.489. The van der Waals surface area contributed by atoms with Gasteiger partial charge >= 0.3 is 0 Å². The molecule has 72 valence electrons. The topological polar surface area (TPSA) is 26.3 Å². The third-order valence-corrected chi connectivity index (χ3v) is 2.88. The van der Waals surface area contributed by atoms with Crippen molar-refractivity contribution >= 4 is 28.3 Å². The molecule has 1 heterocycles. The molecule has 1 aliphatic heterocycles. The molecule has 2 nitrogen and oxygen atoms in total. The van der Waals surface area contributed by atoms with E-state index < -0.39 is 0 Å². The van der Waals surface area contributed by atoms with E-state index in [1.165, 1.54) is 0 Å². The van der Waals surface area contributed by atoms with Crippen molar-refractivity contribution in [3.8, 4) is 0 Å². The molecule has 0 saturated heterocycles. The summed E-state index contributed by atoms with van der Waals surface area (Å²) in [6.07, 6.45) is 4.43. The molecule has 1 aromatic carbocycles. The van der Waals surface area contributed by atoms with Crippen LogP contribution in [0.15, 0.2) is 18.4 Å². The fraction of sp³-hybridized carbons (Fsp3) is 0.182. The van der Waals surface area contributed by atoms with Gasteiger partial charge in [-0.2, -0.15) is 0 Å². The summed E-state index contributed by atoms with van der Waals surface area (Å²) in [5.41, 5.74) is 3.89. The van der Waals surface area contributed by atoms with Crippen LogP contribution in [0.5, 0.6) is 0 Å². The number of carbonyl (C=O) groups is 1. The average molecular weight is 253 g/mol. The monoisotopic (exact) mass is 252 g/mol. The van der Waals surface area contributed by atoms with E-state index in [0.29, 0.717) is 6.61 Å². The average Bonchev–Trinajstić information content (AvgIpc) is 2.27. The molecule has 0 aromatic heterocycles. The first kappa shape index (κ1) is 9.46. The molecule has 0 radical (unpaired) electrons. The van der Waals surface area contributed by atoms with Gasteiger partial charge in [0.2, 0.25) is 0 Å².